The highest BCUT2D eigenvalue weighted by molar-refractivity contribution is 4.93. The van der Waals surface area contributed by atoms with Crippen molar-refractivity contribution >= 4 is 0 Å². The highest BCUT2D eigenvalue weighted by Crippen LogP contribution is 2.44. The molecule has 70 valence electrons. The van der Waals surface area contributed by atoms with Crippen molar-refractivity contribution in [1.29, 1.82) is 0 Å². The van der Waals surface area contributed by atoms with Crippen LogP contribution in [0.4, 0.5) is 0 Å². The Morgan fingerprint density at radius 2 is 2.08 bits per heavy atom. The van der Waals surface area contributed by atoms with Crippen LogP contribution in [0.2, 0.25) is 0 Å². The summed E-state index contributed by atoms with van der Waals surface area (Å²) in [6.45, 7) is 5.98. The maximum Gasteiger partial charge on any atom is 0.00929 e. The van der Waals surface area contributed by atoms with E-state index in [2.05, 4.69) is 19.2 Å². The fraction of sp³-hybridized carbons (Fsp3) is 1.00. The first-order valence-electron chi connectivity index (χ1n) is 5.47. The molecule has 0 aliphatic heterocycles. The maximum atomic E-state index is 3.73. The van der Waals surface area contributed by atoms with E-state index in [0.717, 1.165) is 12.0 Å². The van der Waals surface area contributed by atoms with Crippen molar-refractivity contribution in [3.8, 4) is 0 Å². The molecule has 1 heteroatoms. The van der Waals surface area contributed by atoms with Gasteiger partial charge < -0.3 is 5.32 Å². The van der Waals surface area contributed by atoms with Crippen molar-refractivity contribution < 1.29 is 0 Å². The summed E-state index contributed by atoms with van der Waals surface area (Å²) in [6.07, 6.45) is 7.16. The van der Waals surface area contributed by atoms with Crippen molar-refractivity contribution in [2.24, 2.45) is 11.3 Å². The molecular formula is C11H21N. The Balaban J connectivity index is 1.69. The minimum absolute atomic E-state index is 0.683. The minimum Gasteiger partial charge on any atom is -0.313 e. The van der Waals surface area contributed by atoms with Gasteiger partial charge in [0, 0.05) is 12.6 Å². The molecule has 0 radical (unpaired) electrons. The second-order valence-corrected chi connectivity index (χ2v) is 5.04. The van der Waals surface area contributed by atoms with E-state index < -0.39 is 0 Å². The van der Waals surface area contributed by atoms with Gasteiger partial charge in [0.05, 0.1) is 0 Å². The van der Waals surface area contributed by atoms with E-state index in [1.165, 1.54) is 38.6 Å². The molecule has 1 nitrogen and oxygen atoms in total. The predicted octanol–water partition coefficient (Wildman–Crippen LogP) is 2.56. The second-order valence-electron chi connectivity index (χ2n) is 5.04. The van der Waals surface area contributed by atoms with E-state index >= 15 is 0 Å². The Kier molecular flexibility index (Phi) is 2.16. The largest absolute Gasteiger partial charge is 0.313 e. The van der Waals surface area contributed by atoms with Crippen LogP contribution < -0.4 is 5.32 Å². The quantitative estimate of drug-likeness (QED) is 0.663. The van der Waals surface area contributed by atoms with Crippen LogP contribution in [-0.2, 0) is 0 Å². The fourth-order valence-electron chi connectivity index (χ4n) is 1.91. The Morgan fingerprint density at radius 3 is 2.50 bits per heavy atom. The first-order chi connectivity index (χ1) is 5.73. The predicted molar refractivity (Wildman–Crippen MR) is 52.1 cm³/mol. The number of hydrogen-bond donors (Lipinski definition) is 1. The van der Waals surface area contributed by atoms with Gasteiger partial charge in [-0.2, -0.15) is 0 Å². The highest BCUT2D eigenvalue weighted by Gasteiger charge is 2.38. The van der Waals surface area contributed by atoms with E-state index in [9.17, 15) is 0 Å². The Hall–Kier alpha value is -0.0400. The van der Waals surface area contributed by atoms with Gasteiger partial charge in [0.15, 0.2) is 0 Å². The van der Waals surface area contributed by atoms with E-state index in [0.29, 0.717) is 5.41 Å². The molecule has 0 bridgehead atoms. The van der Waals surface area contributed by atoms with Gasteiger partial charge in [-0.25, -0.2) is 0 Å². The zero-order valence-corrected chi connectivity index (χ0v) is 8.40. The van der Waals surface area contributed by atoms with Gasteiger partial charge >= 0.3 is 0 Å². The molecule has 2 fully saturated rings. The second kappa shape index (κ2) is 3.02. The van der Waals surface area contributed by atoms with E-state index in [-0.39, 0.29) is 0 Å². The fourth-order valence-corrected chi connectivity index (χ4v) is 1.91. The van der Waals surface area contributed by atoms with Gasteiger partial charge in [-0.05, 0) is 43.4 Å². The minimum atomic E-state index is 0.683. The summed E-state index contributed by atoms with van der Waals surface area (Å²) in [5.41, 5.74) is 0.683. The lowest BCUT2D eigenvalue weighted by molar-refractivity contribution is 0.396. The molecule has 0 heterocycles. The van der Waals surface area contributed by atoms with Crippen molar-refractivity contribution in [2.45, 2.75) is 52.0 Å². The van der Waals surface area contributed by atoms with Crippen LogP contribution in [-0.4, -0.2) is 12.6 Å². The molecule has 2 saturated carbocycles. The smallest absolute Gasteiger partial charge is 0.00929 e. The van der Waals surface area contributed by atoms with Crippen molar-refractivity contribution in [3.63, 3.8) is 0 Å². The van der Waals surface area contributed by atoms with E-state index in [1.54, 1.807) is 0 Å². The third-order valence-corrected chi connectivity index (χ3v) is 3.53. The summed E-state index contributed by atoms with van der Waals surface area (Å²) in [5.74, 6) is 1.03. The van der Waals surface area contributed by atoms with Gasteiger partial charge in [0.2, 0.25) is 0 Å². The molecule has 1 atom stereocenters. The summed E-state index contributed by atoms with van der Waals surface area (Å²) >= 11 is 0. The average Bonchev–Trinajstić information content (AvgIpc) is 2.89. The average molecular weight is 167 g/mol. The van der Waals surface area contributed by atoms with Crippen molar-refractivity contribution in [2.75, 3.05) is 6.54 Å². The summed E-state index contributed by atoms with van der Waals surface area (Å²) in [5, 5.41) is 3.73. The van der Waals surface area contributed by atoms with Crippen LogP contribution >= 0.6 is 0 Å². The Bertz CT molecular complexity index is 156. The lowest BCUT2D eigenvalue weighted by Crippen LogP contribution is -2.34. The van der Waals surface area contributed by atoms with Gasteiger partial charge in [-0.3, -0.25) is 0 Å². The summed E-state index contributed by atoms with van der Waals surface area (Å²) in [4.78, 5) is 0. The first kappa shape index (κ1) is 8.55. The normalized spacial score (nSPS) is 28.5. The van der Waals surface area contributed by atoms with Gasteiger partial charge in [0.25, 0.3) is 0 Å². The molecule has 0 aromatic rings. The van der Waals surface area contributed by atoms with Crippen LogP contribution in [0, 0.1) is 11.3 Å². The first-order valence-corrected chi connectivity index (χ1v) is 5.47. The van der Waals surface area contributed by atoms with E-state index in [4.69, 9.17) is 0 Å². The van der Waals surface area contributed by atoms with Gasteiger partial charge in [-0.15, -0.1) is 0 Å². The lowest BCUT2D eigenvalue weighted by atomic mass is 10.1. The van der Waals surface area contributed by atoms with Gasteiger partial charge in [0.1, 0.15) is 0 Å². The Morgan fingerprint density at radius 1 is 1.42 bits per heavy atom. The molecule has 0 spiro atoms. The summed E-state index contributed by atoms with van der Waals surface area (Å²) in [6, 6.07) is 0.836. The molecular weight excluding hydrogens is 146 g/mol. The SMILES string of the molecule is CCC(NCC1(C)CC1)C1CC1. The van der Waals surface area contributed by atoms with Crippen LogP contribution in [0.3, 0.4) is 0 Å². The summed E-state index contributed by atoms with van der Waals surface area (Å²) in [7, 11) is 0. The molecule has 2 aliphatic rings. The maximum absolute atomic E-state index is 3.73. The third-order valence-electron chi connectivity index (χ3n) is 3.53. The molecule has 0 aromatic heterocycles. The van der Waals surface area contributed by atoms with Crippen LogP contribution in [0.15, 0.2) is 0 Å². The molecule has 2 rings (SSSR count). The Labute approximate surface area is 75.9 Å². The molecule has 0 aromatic carbocycles. The molecule has 1 N–H and O–H groups in total. The van der Waals surface area contributed by atoms with Crippen LogP contribution in [0.1, 0.15) is 46.0 Å². The number of hydrogen-bond acceptors (Lipinski definition) is 1. The standard InChI is InChI=1S/C11H21N/c1-3-10(9-4-5-9)12-8-11(2)6-7-11/h9-10,12H,3-8H2,1-2H3. The van der Waals surface area contributed by atoms with Crippen molar-refractivity contribution in [3.05, 3.63) is 0 Å². The van der Waals surface area contributed by atoms with Crippen molar-refractivity contribution in [1.82, 2.24) is 5.32 Å². The number of rotatable bonds is 5. The zero-order valence-electron chi connectivity index (χ0n) is 8.40. The molecule has 0 saturated heterocycles. The monoisotopic (exact) mass is 167 g/mol. The lowest BCUT2D eigenvalue weighted by Gasteiger charge is -2.18. The third kappa shape index (κ3) is 2.01. The van der Waals surface area contributed by atoms with E-state index in [1.807, 2.05) is 0 Å². The van der Waals surface area contributed by atoms with Gasteiger partial charge in [-0.1, -0.05) is 13.8 Å². The zero-order chi connectivity index (χ0) is 8.60. The molecule has 1 unspecified atom stereocenters. The summed E-state index contributed by atoms with van der Waals surface area (Å²) < 4.78 is 0. The molecule has 12 heavy (non-hydrogen) atoms. The van der Waals surface area contributed by atoms with Crippen LogP contribution in [0.5, 0.6) is 0 Å². The number of nitrogens with one attached hydrogen (secondary N) is 1. The topological polar surface area (TPSA) is 12.0 Å². The molecule has 2 aliphatic carbocycles. The van der Waals surface area contributed by atoms with Crippen LogP contribution in [0.25, 0.3) is 0 Å². The molecule has 0 amide bonds. The highest BCUT2D eigenvalue weighted by atomic mass is 14.9.